The van der Waals surface area contributed by atoms with Crippen molar-refractivity contribution in [1.29, 1.82) is 0 Å². The molecule has 0 radical (unpaired) electrons. The molecule has 0 aromatic rings. The van der Waals surface area contributed by atoms with E-state index in [2.05, 4.69) is 38.7 Å². The van der Waals surface area contributed by atoms with Crippen LogP contribution in [0.4, 0.5) is 0 Å². The fourth-order valence-corrected chi connectivity index (χ4v) is 6.50. The molecule has 3 heteroatoms. The third-order valence-electron chi connectivity index (χ3n) is 8.61. The maximum absolute atomic E-state index is 10.3. The fourth-order valence-electron chi connectivity index (χ4n) is 6.50. The number of hydrogen-bond donors (Lipinski definition) is 3. The van der Waals surface area contributed by atoms with E-state index in [1.54, 1.807) is 19.4 Å². The van der Waals surface area contributed by atoms with Crippen molar-refractivity contribution in [2.24, 2.45) is 29.1 Å². The van der Waals surface area contributed by atoms with Gasteiger partial charge < -0.3 is 15.3 Å². The Bertz CT molecular complexity index is 738. The van der Waals surface area contributed by atoms with Gasteiger partial charge in [-0.05, 0) is 94.0 Å². The number of aliphatic hydroxyl groups excluding tert-OH is 2. The summed E-state index contributed by atoms with van der Waals surface area (Å²) in [6, 6.07) is 0. The minimum atomic E-state index is -0.905. The maximum atomic E-state index is 10.3. The van der Waals surface area contributed by atoms with E-state index in [9.17, 15) is 15.3 Å². The highest BCUT2D eigenvalue weighted by Crippen LogP contribution is 2.59. The minimum absolute atomic E-state index is 0.0289. The average molecular weight is 429 g/mol. The first kappa shape index (κ1) is 24.5. The standard InChI is InChI=1S/C28H44O3/c1-19-9-13-24(30)17-22(19)11-10-21-7-6-16-28(5)25(14-15-26(21)28)20(2)8-12-23(18-29)27(3,4)31/h8,10-12,20,23-26,29-31H,1,6-7,9,13-18H2,2-5H3/b12-8+,21-10+,22-11-/t20-,23-,24+,25-,26+,28-/m1/s1. The first-order chi connectivity index (χ1) is 14.6. The van der Waals surface area contributed by atoms with E-state index < -0.39 is 5.60 Å². The molecule has 174 valence electrons. The van der Waals surface area contributed by atoms with Gasteiger partial charge in [0.1, 0.15) is 0 Å². The molecule has 3 N–H and O–H groups in total. The Labute approximate surface area is 189 Å². The number of aliphatic hydroxyl groups is 3. The van der Waals surface area contributed by atoms with Gasteiger partial charge in [-0.15, -0.1) is 0 Å². The smallest absolute Gasteiger partial charge is 0.0676 e. The molecular formula is C28H44O3. The molecule has 0 unspecified atom stereocenters. The quantitative estimate of drug-likeness (QED) is 0.474. The van der Waals surface area contributed by atoms with Crippen LogP contribution in [0.15, 0.2) is 47.6 Å². The lowest BCUT2D eigenvalue weighted by Gasteiger charge is -2.44. The van der Waals surface area contributed by atoms with E-state index in [-0.39, 0.29) is 18.6 Å². The van der Waals surface area contributed by atoms with Crippen molar-refractivity contribution in [3.05, 3.63) is 47.6 Å². The molecule has 3 nitrogen and oxygen atoms in total. The number of hydrogen-bond acceptors (Lipinski definition) is 3. The normalized spacial score (nSPS) is 36.9. The van der Waals surface area contributed by atoms with Crippen LogP contribution in [0, 0.1) is 29.1 Å². The fraction of sp³-hybridized carbons (Fsp3) is 0.714. The second-order valence-electron chi connectivity index (χ2n) is 11.2. The van der Waals surface area contributed by atoms with Crippen LogP contribution >= 0.6 is 0 Å². The Morgan fingerprint density at radius 3 is 2.58 bits per heavy atom. The topological polar surface area (TPSA) is 60.7 Å². The lowest BCUT2D eigenvalue weighted by molar-refractivity contribution is 0.0128. The largest absolute Gasteiger partial charge is 0.396 e. The van der Waals surface area contributed by atoms with Gasteiger partial charge in [0.05, 0.1) is 18.3 Å². The molecule has 0 aliphatic heterocycles. The summed E-state index contributed by atoms with van der Waals surface area (Å²) in [5, 5.41) is 30.0. The number of fused-ring (bicyclic) bond motifs is 1. The van der Waals surface area contributed by atoms with E-state index >= 15 is 0 Å². The SMILES string of the molecule is C=C1CC[C@H](O)C/C1=C/C=C1\CCC[C@]2(C)[C@@H]([C@H](C)/C=C/[C@H](CO)C(C)(C)O)CC[C@@H]12. The van der Waals surface area contributed by atoms with Crippen LogP contribution < -0.4 is 0 Å². The summed E-state index contributed by atoms with van der Waals surface area (Å²) in [6.07, 6.45) is 17.3. The van der Waals surface area contributed by atoms with Crippen LogP contribution in [0.25, 0.3) is 0 Å². The molecular weight excluding hydrogens is 384 g/mol. The summed E-state index contributed by atoms with van der Waals surface area (Å²) in [7, 11) is 0. The van der Waals surface area contributed by atoms with Gasteiger partial charge in [0.2, 0.25) is 0 Å². The monoisotopic (exact) mass is 428 g/mol. The molecule has 3 saturated carbocycles. The Morgan fingerprint density at radius 1 is 1.16 bits per heavy atom. The summed E-state index contributed by atoms with van der Waals surface area (Å²) in [5.41, 5.74) is 3.40. The van der Waals surface area contributed by atoms with Gasteiger partial charge in [-0.3, -0.25) is 0 Å². The first-order valence-corrected chi connectivity index (χ1v) is 12.3. The summed E-state index contributed by atoms with van der Waals surface area (Å²) < 4.78 is 0. The minimum Gasteiger partial charge on any atom is -0.396 e. The molecule has 0 aromatic heterocycles. The third kappa shape index (κ3) is 5.43. The summed E-state index contributed by atoms with van der Waals surface area (Å²) in [4.78, 5) is 0. The van der Waals surface area contributed by atoms with Crippen molar-refractivity contribution in [1.82, 2.24) is 0 Å². The van der Waals surface area contributed by atoms with Crippen LogP contribution in [0.2, 0.25) is 0 Å². The molecule has 0 bridgehead atoms. The van der Waals surface area contributed by atoms with Crippen molar-refractivity contribution >= 4 is 0 Å². The molecule has 0 heterocycles. The Morgan fingerprint density at radius 2 is 1.90 bits per heavy atom. The zero-order valence-corrected chi connectivity index (χ0v) is 20.1. The van der Waals surface area contributed by atoms with Gasteiger partial charge in [0, 0.05) is 5.92 Å². The van der Waals surface area contributed by atoms with Crippen molar-refractivity contribution in [2.45, 2.75) is 90.8 Å². The van der Waals surface area contributed by atoms with Gasteiger partial charge >= 0.3 is 0 Å². The van der Waals surface area contributed by atoms with Crippen molar-refractivity contribution in [2.75, 3.05) is 6.61 Å². The predicted molar refractivity (Wildman–Crippen MR) is 129 cm³/mol. The molecule has 0 aromatic carbocycles. The van der Waals surface area contributed by atoms with E-state index in [0.29, 0.717) is 23.2 Å². The predicted octanol–water partition coefficient (Wildman–Crippen LogP) is 5.73. The molecule has 6 atom stereocenters. The van der Waals surface area contributed by atoms with Crippen molar-refractivity contribution in [3.8, 4) is 0 Å². The van der Waals surface area contributed by atoms with Crippen LogP contribution in [-0.2, 0) is 0 Å². The van der Waals surface area contributed by atoms with Gasteiger partial charge in [0.25, 0.3) is 0 Å². The Balaban J connectivity index is 1.75. The van der Waals surface area contributed by atoms with Crippen LogP contribution in [0.1, 0.15) is 79.1 Å². The van der Waals surface area contributed by atoms with Crippen molar-refractivity contribution < 1.29 is 15.3 Å². The molecule has 31 heavy (non-hydrogen) atoms. The number of rotatable bonds is 6. The molecule has 3 rings (SSSR count). The maximum Gasteiger partial charge on any atom is 0.0676 e. The molecule has 0 amide bonds. The zero-order valence-electron chi connectivity index (χ0n) is 20.1. The van der Waals surface area contributed by atoms with E-state index in [0.717, 1.165) is 19.3 Å². The highest BCUT2D eigenvalue weighted by Gasteiger charge is 2.50. The number of allylic oxidation sites excluding steroid dienone is 5. The van der Waals surface area contributed by atoms with Crippen LogP contribution in [-0.4, -0.2) is 33.6 Å². The molecule has 3 aliphatic rings. The summed E-state index contributed by atoms with van der Waals surface area (Å²) >= 11 is 0. The first-order valence-electron chi connectivity index (χ1n) is 12.3. The molecule has 0 saturated heterocycles. The van der Waals surface area contributed by atoms with Crippen LogP contribution in [0.3, 0.4) is 0 Å². The van der Waals surface area contributed by atoms with E-state index in [1.807, 2.05) is 6.08 Å². The molecule has 0 spiro atoms. The van der Waals surface area contributed by atoms with Gasteiger partial charge in [-0.2, -0.15) is 0 Å². The van der Waals surface area contributed by atoms with Crippen LogP contribution in [0.5, 0.6) is 0 Å². The van der Waals surface area contributed by atoms with Crippen molar-refractivity contribution in [3.63, 3.8) is 0 Å². The Kier molecular flexibility index (Phi) is 7.71. The van der Waals surface area contributed by atoms with E-state index in [4.69, 9.17) is 0 Å². The molecule has 3 fully saturated rings. The second-order valence-corrected chi connectivity index (χ2v) is 11.2. The van der Waals surface area contributed by atoms with E-state index in [1.165, 1.54) is 43.3 Å². The lowest BCUT2D eigenvalue weighted by atomic mass is 9.61. The summed E-state index contributed by atoms with van der Waals surface area (Å²) in [6.45, 7) is 12.5. The van der Waals surface area contributed by atoms with Gasteiger partial charge in [0.15, 0.2) is 0 Å². The third-order valence-corrected chi connectivity index (χ3v) is 8.61. The van der Waals surface area contributed by atoms with Gasteiger partial charge in [-0.1, -0.05) is 55.9 Å². The highest BCUT2D eigenvalue weighted by molar-refractivity contribution is 5.36. The lowest BCUT2D eigenvalue weighted by Crippen LogP contribution is -2.36. The zero-order chi connectivity index (χ0) is 22.8. The second kappa shape index (κ2) is 9.77. The summed E-state index contributed by atoms with van der Waals surface area (Å²) in [5.74, 6) is 1.45. The van der Waals surface area contributed by atoms with Gasteiger partial charge in [-0.25, -0.2) is 0 Å². The average Bonchev–Trinajstić information content (AvgIpc) is 3.05. The Hall–Kier alpha value is -1.16. The molecule has 3 aliphatic carbocycles. The highest BCUT2D eigenvalue weighted by atomic mass is 16.3.